The standard InChI is InChI=1S/C27H26N2O5/c1-16(2)21-14-17(7-12-22(21)34-4)25(30)23-24(18-6-5-13-28-15-18)29(27(32)26(23)31)19-8-10-20(33-3)11-9-19/h5-16,24,30H,1-4H3/b25-23-. The highest BCUT2D eigenvalue weighted by Crippen LogP contribution is 2.42. The van der Waals surface area contributed by atoms with Crippen LogP contribution < -0.4 is 14.4 Å². The monoisotopic (exact) mass is 458 g/mol. The fourth-order valence-electron chi connectivity index (χ4n) is 4.18. The third kappa shape index (κ3) is 4.01. The lowest BCUT2D eigenvalue weighted by Gasteiger charge is -2.25. The first-order chi connectivity index (χ1) is 16.4. The molecule has 2 aromatic carbocycles. The average Bonchev–Trinajstić information content (AvgIpc) is 3.14. The summed E-state index contributed by atoms with van der Waals surface area (Å²) in [6.07, 6.45) is 3.20. The molecule has 1 aliphatic rings. The van der Waals surface area contributed by atoms with Crippen LogP contribution in [-0.2, 0) is 9.59 Å². The predicted molar refractivity (Wildman–Crippen MR) is 129 cm³/mol. The molecule has 34 heavy (non-hydrogen) atoms. The van der Waals surface area contributed by atoms with E-state index < -0.39 is 17.7 Å². The lowest BCUT2D eigenvalue weighted by Crippen LogP contribution is -2.29. The number of rotatable bonds is 6. The summed E-state index contributed by atoms with van der Waals surface area (Å²) in [5, 5.41) is 11.4. The Labute approximate surface area is 198 Å². The molecule has 174 valence electrons. The van der Waals surface area contributed by atoms with Crippen molar-refractivity contribution < 1.29 is 24.2 Å². The van der Waals surface area contributed by atoms with Gasteiger partial charge >= 0.3 is 0 Å². The number of methoxy groups -OCH3 is 2. The Morgan fingerprint density at radius 3 is 2.35 bits per heavy atom. The zero-order valence-corrected chi connectivity index (χ0v) is 19.5. The van der Waals surface area contributed by atoms with Crippen molar-refractivity contribution in [3.05, 3.63) is 89.3 Å². The molecule has 0 radical (unpaired) electrons. The maximum absolute atomic E-state index is 13.3. The van der Waals surface area contributed by atoms with Crippen molar-refractivity contribution in [1.82, 2.24) is 4.98 Å². The van der Waals surface area contributed by atoms with Crippen LogP contribution in [0.1, 0.15) is 42.5 Å². The van der Waals surface area contributed by atoms with Crippen LogP contribution in [0.25, 0.3) is 5.76 Å². The highest BCUT2D eigenvalue weighted by molar-refractivity contribution is 6.51. The predicted octanol–water partition coefficient (Wildman–Crippen LogP) is 4.85. The maximum Gasteiger partial charge on any atom is 0.300 e. The molecule has 0 bridgehead atoms. The van der Waals surface area contributed by atoms with Crippen LogP contribution in [0, 0.1) is 0 Å². The number of anilines is 1. The van der Waals surface area contributed by atoms with Gasteiger partial charge in [-0.05, 0) is 65.6 Å². The number of carbonyl (C=O) groups is 2. The number of pyridine rings is 1. The van der Waals surface area contributed by atoms with Crippen LogP contribution in [0.5, 0.6) is 11.5 Å². The summed E-state index contributed by atoms with van der Waals surface area (Å²) in [6, 6.07) is 14.7. The lowest BCUT2D eigenvalue weighted by atomic mass is 9.93. The van der Waals surface area contributed by atoms with Crippen molar-refractivity contribution in [3.8, 4) is 11.5 Å². The largest absolute Gasteiger partial charge is 0.507 e. The first kappa shape index (κ1) is 23.0. The van der Waals surface area contributed by atoms with E-state index >= 15 is 0 Å². The number of benzene rings is 2. The Kier molecular flexibility index (Phi) is 6.36. The molecule has 1 fully saturated rings. The Morgan fingerprint density at radius 1 is 1.03 bits per heavy atom. The molecule has 3 aromatic rings. The van der Waals surface area contributed by atoms with Gasteiger partial charge in [0.2, 0.25) is 0 Å². The Morgan fingerprint density at radius 2 is 1.76 bits per heavy atom. The molecule has 7 heteroatoms. The van der Waals surface area contributed by atoms with E-state index in [9.17, 15) is 14.7 Å². The first-order valence-electron chi connectivity index (χ1n) is 10.9. The van der Waals surface area contributed by atoms with Gasteiger partial charge in [-0.15, -0.1) is 0 Å². The van der Waals surface area contributed by atoms with Crippen LogP contribution >= 0.6 is 0 Å². The van der Waals surface area contributed by atoms with Gasteiger partial charge in [0, 0.05) is 23.6 Å². The summed E-state index contributed by atoms with van der Waals surface area (Å²) < 4.78 is 10.7. The summed E-state index contributed by atoms with van der Waals surface area (Å²) >= 11 is 0. The van der Waals surface area contributed by atoms with E-state index in [0.717, 1.165) is 5.56 Å². The number of amides is 1. The van der Waals surface area contributed by atoms with Crippen molar-refractivity contribution in [3.63, 3.8) is 0 Å². The number of aliphatic hydroxyl groups is 1. The molecule has 0 aliphatic carbocycles. The van der Waals surface area contributed by atoms with E-state index in [1.165, 1.54) is 4.90 Å². The van der Waals surface area contributed by atoms with E-state index in [4.69, 9.17) is 9.47 Å². The fourth-order valence-corrected chi connectivity index (χ4v) is 4.18. The molecule has 1 atom stereocenters. The van der Waals surface area contributed by atoms with Gasteiger partial charge in [0.1, 0.15) is 17.3 Å². The second kappa shape index (κ2) is 9.39. The van der Waals surface area contributed by atoms with Crippen LogP contribution in [-0.4, -0.2) is 36.0 Å². The number of hydrogen-bond acceptors (Lipinski definition) is 6. The second-order valence-electron chi connectivity index (χ2n) is 8.26. The number of carbonyl (C=O) groups excluding carboxylic acids is 2. The van der Waals surface area contributed by atoms with Crippen molar-refractivity contribution in [2.75, 3.05) is 19.1 Å². The number of Topliss-reactive ketones (excluding diaryl/α,β-unsaturated/α-hetero) is 1. The molecule has 1 aliphatic heterocycles. The van der Waals surface area contributed by atoms with Gasteiger partial charge in [-0.3, -0.25) is 19.5 Å². The fraction of sp³-hybridized carbons (Fsp3) is 0.222. The van der Waals surface area contributed by atoms with Gasteiger partial charge in [-0.2, -0.15) is 0 Å². The number of ether oxygens (including phenoxy) is 2. The third-order valence-corrected chi connectivity index (χ3v) is 5.92. The Hall–Kier alpha value is -4.13. The molecule has 1 saturated heterocycles. The summed E-state index contributed by atoms with van der Waals surface area (Å²) in [7, 11) is 3.14. The molecule has 1 N–H and O–H groups in total. The molecular weight excluding hydrogens is 432 g/mol. The smallest absolute Gasteiger partial charge is 0.300 e. The molecular formula is C27H26N2O5. The van der Waals surface area contributed by atoms with E-state index in [2.05, 4.69) is 4.98 Å². The minimum absolute atomic E-state index is 0.00805. The number of aliphatic hydroxyl groups excluding tert-OH is 1. The Bertz CT molecular complexity index is 1250. The Balaban J connectivity index is 1.91. The van der Waals surface area contributed by atoms with Gasteiger partial charge in [0.05, 0.1) is 25.8 Å². The maximum atomic E-state index is 13.3. The van der Waals surface area contributed by atoms with E-state index in [1.54, 1.807) is 81.2 Å². The summed E-state index contributed by atoms with van der Waals surface area (Å²) in [4.78, 5) is 32.1. The van der Waals surface area contributed by atoms with Gasteiger partial charge < -0.3 is 14.6 Å². The lowest BCUT2D eigenvalue weighted by molar-refractivity contribution is -0.132. The topological polar surface area (TPSA) is 89.0 Å². The minimum Gasteiger partial charge on any atom is -0.507 e. The van der Waals surface area contributed by atoms with Gasteiger partial charge in [0.25, 0.3) is 11.7 Å². The van der Waals surface area contributed by atoms with Crippen molar-refractivity contribution in [2.24, 2.45) is 0 Å². The minimum atomic E-state index is -0.841. The number of aromatic nitrogens is 1. The van der Waals surface area contributed by atoms with Gasteiger partial charge in [-0.25, -0.2) is 0 Å². The molecule has 0 spiro atoms. The van der Waals surface area contributed by atoms with Crippen LogP contribution in [0.4, 0.5) is 5.69 Å². The average molecular weight is 459 g/mol. The van der Waals surface area contributed by atoms with Crippen LogP contribution in [0.2, 0.25) is 0 Å². The van der Waals surface area contributed by atoms with E-state index in [1.807, 2.05) is 13.8 Å². The van der Waals surface area contributed by atoms with Gasteiger partial charge in [-0.1, -0.05) is 19.9 Å². The van der Waals surface area contributed by atoms with Crippen LogP contribution in [0.3, 0.4) is 0 Å². The van der Waals surface area contributed by atoms with Crippen LogP contribution in [0.15, 0.2) is 72.6 Å². The zero-order valence-electron chi connectivity index (χ0n) is 19.5. The highest BCUT2D eigenvalue weighted by Gasteiger charge is 2.47. The molecule has 4 rings (SSSR count). The first-order valence-corrected chi connectivity index (χ1v) is 10.9. The van der Waals surface area contributed by atoms with Crippen molar-refractivity contribution in [2.45, 2.75) is 25.8 Å². The summed E-state index contributed by atoms with van der Waals surface area (Å²) in [5.74, 6) is -0.291. The normalized spacial score (nSPS) is 17.3. The zero-order chi connectivity index (χ0) is 24.4. The van der Waals surface area contributed by atoms with Crippen molar-refractivity contribution in [1.29, 1.82) is 0 Å². The van der Waals surface area contributed by atoms with E-state index in [0.29, 0.717) is 28.3 Å². The van der Waals surface area contributed by atoms with E-state index in [-0.39, 0.29) is 17.3 Å². The summed E-state index contributed by atoms with van der Waals surface area (Å²) in [5.41, 5.74) is 2.44. The quantitative estimate of drug-likeness (QED) is 0.323. The van der Waals surface area contributed by atoms with Gasteiger partial charge in [0.15, 0.2) is 0 Å². The SMILES string of the molecule is COc1ccc(N2C(=O)C(=O)/C(=C(\O)c3ccc(OC)c(C(C)C)c3)C2c2cccnc2)cc1. The highest BCUT2D eigenvalue weighted by atomic mass is 16.5. The molecule has 1 aromatic heterocycles. The molecule has 1 unspecified atom stereocenters. The number of ketones is 1. The molecule has 7 nitrogen and oxygen atoms in total. The molecule has 1 amide bonds. The second-order valence-corrected chi connectivity index (χ2v) is 8.26. The third-order valence-electron chi connectivity index (χ3n) is 5.92. The molecule has 2 heterocycles. The molecule has 0 saturated carbocycles. The number of hydrogen-bond donors (Lipinski definition) is 1. The summed E-state index contributed by atoms with van der Waals surface area (Å²) in [6.45, 7) is 4.03. The van der Waals surface area contributed by atoms with Crippen molar-refractivity contribution >= 4 is 23.1 Å². The number of nitrogens with zero attached hydrogens (tertiary/aromatic N) is 2.